The fraction of sp³-hybridized carbons (Fsp3) is 0.378. The average Bonchev–Trinajstić information content (AvgIpc) is 1.69. The van der Waals surface area contributed by atoms with Gasteiger partial charge in [-0.25, -0.2) is 64.5 Å². The van der Waals surface area contributed by atoms with Crippen LogP contribution < -0.4 is 146 Å². The van der Waals surface area contributed by atoms with Crippen LogP contribution in [0.25, 0.3) is 11.2 Å². The Balaban J connectivity index is -0.000000317. The van der Waals surface area contributed by atoms with E-state index in [9.17, 15) is 14.4 Å². The van der Waals surface area contributed by atoms with Gasteiger partial charge in [0.1, 0.15) is 81.6 Å². The molecule has 0 atom stereocenters. The number of fused-ring (bicyclic) bond motifs is 2. The van der Waals surface area contributed by atoms with E-state index in [0.29, 0.717) is 61.3 Å². The van der Waals surface area contributed by atoms with Gasteiger partial charge in [-0.2, -0.15) is 0 Å². The quantitative estimate of drug-likeness (QED) is 0.0156. The van der Waals surface area contributed by atoms with Gasteiger partial charge in [0.05, 0.1) is 64.9 Å². The number of nitrogen functional groups attached to an aromatic ring is 2. The summed E-state index contributed by atoms with van der Waals surface area (Å²) in [4.78, 5) is 93.5. The third kappa shape index (κ3) is 37.3. The minimum atomic E-state index is -0.432. The maximum absolute atomic E-state index is 11.3. The summed E-state index contributed by atoms with van der Waals surface area (Å²) >= 11 is 45.2. The zero-order chi connectivity index (χ0) is 68.7. The van der Waals surface area contributed by atoms with Crippen molar-refractivity contribution in [3.8, 4) is 0 Å². The smallest absolute Gasteiger partial charge is 1.00 e. The first-order valence-electron chi connectivity index (χ1n) is 25.1. The van der Waals surface area contributed by atoms with Crippen LogP contribution in [0.5, 0.6) is 0 Å². The molecule has 10 N–H and O–H groups in total. The summed E-state index contributed by atoms with van der Waals surface area (Å²) in [5.41, 5.74) is 23.3. The normalized spacial score (nSPS) is 9.86. The summed E-state index contributed by atoms with van der Waals surface area (Å²) in [6.07, 6.45) is 8.80. The van der Waals surface area contributed by atoms with Crippen molar-refractivity contribution in [2.24, 2.45) is 11.3 Å². The molecule has 92 heavy (non-hydrogen) atoms. The Morgan fingerprint density at radius 2 is 1.01 bits per heavy atom. The van der Waals surface area contributed by atoms with Crippen molar-refractivity contribution < 1.29 is 143 Å². The molecule has 0 spiro atoms. The van der Waals surface area contributed by atoms with E-state index in [1.165, 1.54) is 96.2 Å². The Hall–Kier alpha value is -3.22. The fourth-order valence-electron chi connectivity index (χ4n) is 5.59. The molecule has 8 rings (SSSR count). The van der Waals surface area contributed by atoms with E-state index in [-0.39, 0.29) is 198 Å². The predicted octanol–water partition coefficient (Wildman–Crippen LogP) is -3.23. The third-order valence-electron chi connectivity index (χ3n) is 9.74. The molecule has 0 saturated carbocycles. The number of nitrogens with one attached hydrogen (secondary N) is 2. The van der Waals surface area contributed by atoms with Crippen molar-refractivity contribution in [3.63, 3.8) is 0 Å². The number of ether oxygens (including phenoxy) is 2. The summed E-state index contributed by atoms with van der Waals surface area (Å²) < 4.78 is 10.4. The number of aromatic nitrogens is 15. The van der Waals surface area contributed by atoms with Gasteiger partial charge in [0, 0.05) is 23.1 Å². The largest absolute Gasteiger partial charge is 1.00 e. The van der Waals surface area contributed by atoms with Gasteiger partial charge in [-0.3, -0.25) is 19.2 Å². The molecule has 1 aliphatic rings. The fourth-order valence-corrected chi connectivity index (χ4v) is 7.05. The van der Waals surface area contributed by atoms with Crippen LogP contribution in [0.3, 0.4) is 0 Å². The molecule has 0 bridgehead atoms. The van der Waals surface area contributed by atoms with Crippen LogP contribution in [0.4, 0.5) is 28.8 Å². The predicted molar refractivity (Wildman–Crippen MR) is 353 cm³/mol. The molecular weight excluding hydrogens is 1420 g/mol. The SMILES string of the molecule is CCN(CC)CC.COC(=O)Cc1c(Cl)ncnc1Cl.C[B]N.C[B]N.Nc1c(Cl)ncnc1Cl.O=CO[O-].[B]CN1C(=O)Cc2c(Cl)ncnc21.[B]CNc1ncnc(Cl)c1CC(=O)OC.[B]CNc1ncnc(Cl)c1N.[B]Cn1nnc2c(Cl)ncnc21.[H-].[K+].[K+]. The summed E-state index contributed by atoms with van der Waals surface area (Å²) in [5.74, 6) is 0.521. The number of anilines is 5. The summed E-state index contributed by atoms with van der Waals surface area (Å²) in [6.45, 7) is 13.5. The molecule has 10 radical (unpaired) electrons. The van der Waals surface area contributed by atoms with Crippen molar-refractivity contribution in [2.45, 2.75) is 60.1 Å². The van der Waals surface area contributed by atoms with Gasteiger partial charge < -0.3 is 64.2 Å². The molecule has 1 aliphatic heterocycles. The van der Waals surface area contributed by atoms with E-state index in [1.807, 2.05) is 0 Å². The molecule has 31 nitrogen and oxygen atoms in total. The number of nitrogens with zero attached hydrogens (tertiary/aromatic N) is 17. The van der Waals surface area contributed by atoms with Crippen LogP contribution in [-0.2, 0) is 59.2 Å². The molecule has 0 unspecified atom stereocenters. The Labute approximate surface area is 665 Å². The number of rotatable bonds is 14. The maximum Gasteiger partial charge on any atom is 1.00 e. The van der Waals surface area contributed by atoms with Crippen molar-refractivity contribution in [1.82, 2.24) is 79.7 Å². The van der Waals surface area contributed by atoms with Gasteiger partial charge in [-0.05, 0) is 39.0 Å². The average molecular weight is 1480 g/mol. The van der Waals surface area contributed by atoms with Crippen LogP contribution in [0.2, 0.25) is 54.9 Å². The Morgan fingerprint density at radius 3 is 1.42 bits per heavy atom. The number of carbonyl (C=O) groups is 4. The van der Waals surface area contributed by atoms with Gasteiger partial charge >= 0.3 is 115 Å². The van der Waals surface area contributed by atoms with Crippen LogP contribution in [-0.4, -0.2) is 203 Å². The van der Waals surface area contributed by atoms with Crippen LogP contribution in [0.15, 0.2) is 38.0 Å². The van der Waals surface area contributed by atoms with Gasteiger partial charge in [0.2, 0.25) is 5.91 Å². The van der Waals surface area contributed by atoms with E-state index in [1.54, 1.807) is 13.6 Å². The first-order chi connectivity index (χ1) is 43.0. The second kappa shape index (κ2) is 58.0. The van der Waals surface area contributed by atoms with E-state index in [4.69, 9.17) is 157 Å². The van der Waals surface area contributed by atoms with E-state index in [2.05, 4.69) is 121 Å². The molecule has 8 heterocycles. The van der Waals surface area contributed by atoms with Crippen LogP contribution >= 0.6 is 92.8 Å². The molecule has 478 valence electrons. The van der Waals surface area contributed by atoms with Gasteiger partial charge in [-0.1, -0.05) is 132 Å². The minimum absolute atomic E-state index is 0. The number of esters is 2. The summed E-state index contributed by atoms with van der Waals surface area (Å²) in [7, 11) is 26.9. The van der Waals surface area contributed by atoms with Crippen molar-refractivity contribution in [2.75, 3.05) is 80.2 Å². The molecule has 0 saturated heterocycles. The van der Waals surface area contributed by atoms with Crippen molar-refractivity contribution in [3.05, 3.63) is 95.9 Å². The zero-order valence-electron chi connectivity index (χ0n) is 52.3. The number of hydrogen-bond donors (Lipinski definition) is 6. The molecule has 7 aromatic heterocycles. The molecular formula is C45H59B6Cl8K2N23O8. The van der Waals surface area contributed by atoms with Gasteiger partial charge in [0.25, 0.3) is 6.47 Å². The van der Waals surface area contributed by atoms with Crippen molar-refractivity contribution >= 4 is 203 Å². The Kier molecular flexibility index (Phi) is 60.0. The summed E-state index contributed by atoms with van der Waals surface area (Å²) in [5, 5.41) is 23.2. The molecule has 0 fully saturated rings. The Morgan fingerprint density at radius 1 is 0.630 bits per heavy atom. The standard InChI is InChI=1S/C8H9BClN3O2.C7H5BClN3O.C7H6Cl2N2O2.C6H15N.C5H3BClN5.C5H6BClN4.C4H3Cl2N3.2CH5BN.CH2O3.2K.H/c1-15-6(14)2-5-7(10)12-4-13-8(5)11-3-9;8-2-12-5(13)1-4-6(9)10-3-11-7(4)12;1-13-5(12)2-4-6(8)10-3-11-7(4)9;1-4-7(5-2)6-3;6-1-12-5-3(10-11-12)4(7)8-2-9-5;6-1-9-5-3(8)4(7)10-2-11-5;5-3-2(7)4(6)9-1-8-3;2*1-2-3;2-1-4-3;;;/h4H,2-3H2,1H3,(H,11,12,13);3H,1-2H2;3H,2H2,1H3;4-6H2,1-3H3;2H,1H2;2H,1,8H2,(H,9,10,11);1H,7H2;2*3H2,1H3;1,3H;;;/q;;;;;;;;;;2*+1;-1/p-1. The second-order valence-electron chi connectivity index (χ2n) is 15.2. The number of methoxy groups -OCH3 is 2. The van der Waals surface area contributed by atoms with E-state index in [0.717, 1.165) is 0 Å². The molecule has 0 aromatic carbocycles. The third-order valence-corrected chi connectivity index (χ3v) is 12.2. The first kappa shape index (κ1) is 95.2. The topological polar surface area (TPSA) is 439 Å². The monoisotopic (exact) mass is 1470 g/mol. The number of amides is 1. The molecule has 0 aliphatic carbocycles. The van der Waals surface area contributed by atoms with Gasteiger partial charge in [-0.15, -0.1) is 5.10 Å². The second-order valence-corrected chi connectivity index (χ2v) is 18.1. The van der Waals surface area contributed by atoms with E-state index >= 15 is 0 Å². The summed E-state index contributed by atoms with van der Waals surface area (Å²) in [6, 6.07) is 0. The first-order valence-corrected chi connectivity index (χ1v) is 28.1. The van der Waals surface area contributed by atoms with Crippen LogP contribution in [0, 0.1) is 0 Å². The molecule has 1 amide bonds. The minimum Gasteiger partial charge on any atom is -1.00 e. The number of carbonyl (C=O) groups excluding carboxylic acids is 4. The zero-order valence-corrected chi connectivity index (χ0v) is 63.6. The number of nitrogens with two attached hydrogens (primary N) is 4. The van der Waals surface area contributed by atoms with Crippen molar-refractivity contribution in [1.29, 1.82) is 0 Å². The van der Waals surface area contributed by atoms with E-state index < -0.39 is 11.9 Å². The molecule has 7 aromatic rings. The number of hydrogen-bond acceptors (Lipinski definition) is 29. The number of halogens is 8. The van der Waals surface area contributed by atoms with Crippen LogP contribution in [0.1, 0.15) is 38.9 Å². The maximum atomic E-state index is 11.3. The Bertz CT molecular complexity index is 3180. The van der Waals surface area contributed by atoms with Gasteiger partial charge in [0.15, 0.2) is 52.4 Å². The molecule has 47 heteroatoms.